The van der Waals surface area contributed by atoms with E-state index < -0.39 is 11.6 Å². The average molecular weight is 266 g/mol. The predicted molar refractivity (Wildman–Crippen MR) is 65.7 cm³/mol. The smallest absolute Gasteiger partial charge is 0.187 e. The minimum absolute atomic E-state index is 0.112. The molecule has 0 spiro atoms. The van der Waals surface area contributed by atoms with Gasteiger partial charge < -0.3 is 29.5 Å². The van der Waals surface area contributed by atoms with Crippen molar-refractivity contribution in [2.75, 3.05) is 13.7 Å². The lowest BCUT2D eigenvalue weighted by molar-refractivity contribution is -0.191. The van der Waals surface area contributed by atoms with Gasteiger partial charge in [0, 0.05) is 13.7 Å². The molecule has 6 nitrogen and oxygen atoms in total. The summed E-state index contributed by atoms with van der Waals surface area (Å²) in [5.74, 6) is -1.94. The molecule has 2 unspecified atom stereocenters. The predicted octanol–water partition coefficient (Wildman–Crippen LogP) is 0.590. The van der Waals surface area contributed by atoms with E-state index in [1.54, 1.807) is 0 Å². The molecule has 0 radical (unpaired) electrons. The van der Waals surface area contributed by atoms with Crippen molar-refractivity contribution in [2.24, 2.45) is 0 Å². The van der Waals surface area contributed by atoms with Gasteiger partial charge in [0.15, 0.2) is 17.9 Å². The van der Waals surface area contributed by atoms with Crippen molar-refractivity contribution in [3.05, 3.63) is 0 Å². The van der Waals surface area contributed by atoms with Gasteiger partial charge in [-0.15, -0.1) is 0 Å². The fourth-order valence-electron chi connectivity index (χ4n) is 1.62. The van der Waals surface area contributed by atoms with Crippen molar-refractivity contribution in [1.29, 1.82) is 0 Å². The Morgan fingerprint density at radius 3 is 2.06 bits per heavy atom. The van der Waals surface area contributed by atoms with E-state index in [1.807, 2.05) is 13.8 Å². The van der Waals surface area contributed by atoms with Crippen molar-refractivity contribution in [3.8, 4) is 0 Å². The van der Waals surface area contributed by atoms with E-state index in [2.05, 4.69) is 0 Å². The summed E-state index contributed by atoms with van der Waals surface area (Å²) in [5, 5.41) is 23.2. The summed E-state index contributed by atoms with van der Waals surface area (Å²) in [6.07, 6.45) is 2.20. The van der Waals surface area contributed by atoms with Gasteiger partial charge in [-0.3, -0.25) is 0 Å². The minimum atomic E-state index is -1.50. The molecule has 2 aliphatic rings. The molecule has 2 saturated heterocycles. The largest absolute Gasteiger partial charge is 0.400 e. The number of aliphatic hydroxyl groups excluding tert-OH is 1. The number of hydrogen-bond donors (Lipinski definition) is 3. The molecule has 0 aromatic carbocycles. The van der Waals surface area contributed by atoms with E-state index in [-0.39, 0.29) is 12.4 Å². The highest BCUT2D eigenvalue weighted by molar-refractivity contribution is 4.78. The Morgan fingerprint density at radius 1 is 1.11 bits per heavy atom. The SMILES string of the molecule is CC(C)(O)O.CC1(C)OC2CCCOC2O1.CO. The van der Waals surface area contributed by atoms with Crippen molar-refractivity contribution in [1.82, 2.24) is 0 Å². The molecule has 18 heavy (non-hydrogen) atoms. The molecule has 6 heteroatoms. The zero-order chi connectivity index (χ0) is 14.4. The summed E-state index contributed by atoms with van der Waals surface area (Å²) in [6.45, 7) is 7.25. The van der Waals surface area contributed by atoms with Crippen LogP contribution in [0.5, 0.6) is 0 Å². The van der Waals surface area contributed by atoms with Crippen LogP contribution in [0.3, 0.4) is 0 Å². The lowest BCUT2D eigenvalue weighted by Gasteiger charge is -2.21. The van der Waals surface area contributed by atoms with Gasteiger partial charge in [-0.2, -0.15) is 0 Å². The molecule has 0 saturated carbocycles. The first-order valence-corrected chi connectivity index (χ1v) is 6.04. The van der Waals surface area contributed by atoms with Crippen LogP contribution < -0.4 is 0 Å². The molecule has 0 amide bonds. The van der Waals surface area contributed by atoms with E-state index in [4.69, 9.17) is 29.5 Å². The van der Waals surface area contributed by atoms with E-state index >= 15 is 0 Å². The number of fused-ring (bicyclic) bond motifs is 1. The number of rotatable bonds is 0. The van der Waals surface area contributed by atoms with Gasteiger partial charge in [-0.1, -0.05) is 0 Å². The molecule has 3 N–H and O–H groups in total. The molecule has 2 aliphatic heterocycles. The van der Waals surface area contributed by atoms with Crippen LogP contribution in [0.25, 0.3) is 0 Å². The van der Waals surface area contributed by atoms with Crippen LogP contribution in [0.2, 0.25) is 0 Å². The van der Waals surface area contributed by atoms with Gasteiger partial charge in [-0.05, 0) is 40.5 Å². The van der Waals surface area contributed by atoms with Crippen LogP contribution in [-0.2, 0) is 14.2 Å². The molecular weight excluding hydrogens is 240 g/mol. The second-order valence-corrected chi connectivity index (χ2v) is 5.05. The van der Waals surface area contributed by atoms with Crippen molar-refractivity contribution in [3.63, 3.8) is 0 Å². The molecule has 110 valence electrons. The van der Waals surface area contributed by atoms with Gasteiger partial charge in [0.2, 0.25) is 0 Å². The molecule has 2 atom stereocenters. The van der Waals surface area contributed by atoms with E-state index in [1.165, 1.54) is 13.8 Å². The zero-order valence-electron chi connectivity index (χ0n) is 11.8. The second-order valence-electron chi connectivity index (χ2n) is 5.05. The maximum atomic E-state index is 8.08. The van der Waals surface area contributed by atoms with Gasteiger partial charge in [0.05, 0.1) is 0 Å². The molecule has 0 aromatic heterocycles. The standard InChI is InChI=1S/C8H14O3.C3H8O2.CH4O/c1-8(2)10-6-4-3-5-9-7(6)11-8;1-3(2,4)5;1-2/h6-7H,3-5H2,1-2H3;4-5H,1-2H3;2H,1H3. The monoisotopic (exact) mass is 266 g/mol. The lowest BCUT2D eigenvalue weighted by Crippen LogP contribution is -2.30. The maximum absolute atomic E-state index is 8.08. The van der Waals surface area contributed by atoms with Gasteiger partial charge in [0.25, 0.3) is 0 Å². The van der Waals surface area contributed by atoms with Crippen LogP contribution in [0, 0.1) is 0 Å². The first-order chi connectivity index (χ1) is 8.17. The van der Waals surface area contributed by atoms with Crippen molar-refractivity contribution in [2.45, 2.75) is 64.5 Å². The lowest BCUT2D eigenvalue weighted by atomic mass is 10.1. The van der Waals surface area contributed by atoms with Crippen LogP contribution in [0.1, 0.15) is 40.5 Å². The summed E-state index contributed by atoms with van der Waals surface area (Å²) >= 11 is 0. The van der Waals surface area contributed by atoms with Gasteiger partial charge in [0.1, 0.15) is 6.10 Å². The second kappa shape index (κ2) is 7.37. The highest BCUT2D eigenvalue weighted by Gasteiger charge is 2.43. The van der Waals surface area contributed by atoms with E-state index in [0.29, 0.717) is 0 Å². The Bertz CT molecular complexity index is 201. The Morgan fingerprint density at radius 2 is 1.61 bits per heavy atom. The summed E-state index contributed by atoms with van der Waals surface area (Å²) in [5.41, 5.74) is 0. The Hall–Kier alpha value is -0.240. The first-order valence-electron chi connectivity index (χ1n) is 6.04. The normalized spacial score (nSPS) is 29.3. The molecular formula is C12H26O6. The summed E-state index contributed by atoms with van der Waals surface area (Å²) < 4.78 is 16.5. The third kappa shape index (κ3) is 7.97. The van der Waals surface area contributed by atoms with E-state index in [0.717, 1.165) is 26.6 Å². The summed E-state index contributed by atoms with van der Waals surface area (Å²) in [7, 11) is 1.00. The third-order valence-electron chi connectivity index (χ3n) is 2.05. The Balaban J connectivity index is 0.000000354. The first kappa shape index (κ1) is 17.8. The minimum Gasteiger partial charge on any atom is -0.400 e. The fourth-order valence-corrected chi connectivity index (χ4v) is 1.62. The maximum Gasteiger partial charge on any atom is 0.187 e. The summed E-state index contributed by atoms with van der Waals surface area (Å²) in [6, 6.07) is 0. The molecule has 2 fully saturated rings. The molecule has 0 aliphatic carbocycles. The average Bonchev–Trinajstić information content (AvgIpc) is 2.52. The molecule has 0 aromatic rings. The van der Waals surface area contributed by atoms with Gasteiger partial charge >= 0.3 is 0 Å². The van der Waals surface area contributed by atoms with Crippen LogP contribution in [0.15, 0.2) is 0 Å². The van der Waals surface area contributed by atoms with Crippen LogP contribution >= 0.6 is 0 Å². The Labute approximate surface area is 108 Å². The zero-order valence-corrected chi connectivity index (χ0v) is 11.8. The third-order valence-corrected chi connectivity index (χ3v) is 2.05. The summed E-state index contributed by atoms with van der Waals surface area (Å²) in [4.78, 5) is 0. The molecule has 2 rings (SSSR count). The molecule has 0 bridgehead atoms. The van der Waals surface area contributed by atoms with Gasteiger partial charge in [-0.25, -0.2) is 0 Å². The topological polar surface area (TPSA) is 88.4 Å². The number of hydrogen-bond acceptors (Lipinski definition) is 6. The van der Waals surface area contributed by atoms with Crippen LogP contribution in [-0.4, -0.2) is 53.0 Å². The number of ether oxygens (including phenoxy) is 3. The highest BCUT2D eigenvalue weighted by Crippen LogP contribution is 2.33. The van der Waals surface area contributed by atoms with E-state index in [9.17, 15) is 0 Å². The van der Waals surface area contributed by atoms with Crippen LogP contribution in [0.4, 0.5) is 0 Å². The van der Waals surface area contributed by atoms with Crippen molar-refractivity contribution >= 4 is 0 Å². The number of aliphatic hydroxyl groups is 3. The quantitative estimate of drug-likeness (QED) is 0.556. The highest BCUT2D eigenvalue weighted by atomic mass is 16.8. The fraction of sp³-hybridized carbons (Fsp3) is 1.00. The van der Waals surface area contributed by atoms with Crippen molar-refractivity contribution < 1.29 is 29.5 Å². The molecule has 2 heterocycles. The Kier molecular flexibility index (Phi) is 7.28.